The molecular formula is C17H18N2O3. The Hall–Kier alpha value is -2.69. The Labute approximate surface area is 129 Å². The molecule has 0 saturated carbocycles. The predicted molar refractivity (Wildman–Crippen MR) is 82.8 cm³/mol. The molecule has 1 atom stereocenters. The highest BCUT2D eigenvalue weighted by molar-refractivity contribution is 5.74. The van der Waals surface area contributed by atoms with Gasteiger partial charge in [0.2, 0.25) is 6.79 Å². The van der Waals surface area contributed by atoms with E-state index in [1.807, 2.05) is 55.5 Å². The van der Waals surface area contributed by atoms with Gasteiger partial charge < -0.3 is 20.1 Å². The van der Waals surface area contributed by atoms with Gasteiger partial charge in [0.15, 0.2) is 11.5 Å². The van der Waals surface area contributed by atoms with Gasteiger partial charge in [-0.25, -0.2) is 4.79 Å². The number of carbonyl (C=O) groups excluding carboxylic acids is 1. The fraction of sp³-hybridized carbons (Fsp3) is 0.235. The fourth-order valence-corrected chi connectivity index (χ4v) is 2.31. The van der Waals surface area contributed by atoms with Gasteiger partial charge in [-0.05, 0) is 30.2 Å². The molecule has 5 heteroatoms. The van der Waals surface area contributed by atoms with E-state index in [9.17, 15) is 4.79 Å². The van der Waals surface area contributed by atoms with E-state index in [0.29, 0.717) is 6.54 Å². The quantitative estimate of drug-likeness (QED) is 0.912. The van der Waals surface area contributed by atoms with E-state index in [4.69, 9.17) is 9.47 Å². The summed E-state index contributed by atoms with van der Waals surface area (Å²) in [5.41, 5.74) is 2.03. The average molecular weight is 298 g/mol. The van der Waals surface area contributed by atoms with Gasteiger partial charge in [-0.1, -0.05) is 36.4 Å². The number of fused-ring (bicyclic) bond motifs is 1. The normalized spacial score (nSPS) is 13.5. The summed E-state index contributed by atoms with van der Waals surface area (Å²) in [7, 11) is 0. The Morgan fingerprint density at radius 3 is 2.73 bits per heavy atom. The van der Waals surface area contributed by atoms with Crippen LogP contribution in [0.4, 0.5) is 4.79 Å². The summed E-state index contributed by atoms with van der Waals surface area (Å²) in [6.07, 6.45) is 0. The predicted octanol–water partition coefficient (Wildman–Crippen LogP) is 2.98. The number of nitrogens with one attached hydrogen (secondary N) is 2. The molecule has 2 aromatic carbocycles. The molecule has 0 spiro atoms. The van der Waals surface area contributed by atoms with Crippen LogP contribution in [-0.2, 0) is 6.54 Å². The zero-order valence-corrected chi connectivity index (χ0v) is 12.3. The highest BCUT2D eigenvalue weighted by atomic mass is 16.7. The third kappa shape index (κ3) is 3.31. The first-order chi connectivity index (χ1) is 10.7. The van der Waals surface area contributed by atoms with Crippen LogP contribution in [0.25, 0.3) is 0 Å². The molecule has 3 rings (SSSR count). The third-order valence-corrected chi connectivity index (χ3v) is 3.54. The van der Waals surface area contributed by atoms with E-state index in [1.54, 1.807) is 0 Å². The molecule has 5 nitrogen and oxygen atoms in total. The summed E-state index contributed by atoms with van der Waals surface area (Å²) in [6.45, 7) is 2.64. The Bertz CT molecular complexity index is 658. The van der Waals surface area contributed by atoms with Crippen molar-refractivity contribution in [2.75, 3.05) is 6.79 Å². The van der Waals surface area contributed by atoms with E-state index in [1.165, 1.54) is 0 Å². The van der Waals surface area contributed by atoms with Gasteiger partial charge in [-0.3, -0.25) is 0 Å². The maximum atomic E-state index is 12.0. The summed E-state index contributed by atoms with van der Waals surface area (Å²) in [5.74, 6) is 1.46. The lowest BCUT2D eigenvalue weighted by Gasteiger charge is -2.15. The molecule has 2 N–H and O–H groups in total. The number of rotatable bonds is 4. The lowest BCUT2D eigenvalue weighted by atomic mass is 10.1. The fourth-order valence-electron chi connectivity index (χ4n) is 2.31. The first-order valence-corrected chi connectivity index (χ1v) is 7.20. The average Bonchev–Trinajstić information content (AvgIpc) is 3.01. The van der Waals surface area contributed by atoms with Crippen LogP contribution in [-0.4, -0.2) is 12.8 Å². The van der Waals surface area contributed by atoms with Crippen LogP contribution in [0.2, 0.25) is 0 Å². The second-order valence-corrected chi connectivity index (χ2v) is 5.15. The van der Waals surface area contributed by atoms with E-state index in [-0.39, 0.29) is 18.9 Å². The molecule has 114 valence electrons. The lowest BCUT2D eigenvalue weighted by molar-refractivity contribution is 0.174. The van der Waals surface area contributed by atoms with Crippen LogP contribution in [0.1, 0.15) is 24.1 Å². The van der Waals surface area contributed by atoms with Crippen LogP contribution in [0.3, 0.4) is 0 Å². The van der Waals surface area contributed by atoms with Crippen LogP contribution >= 0.6 is 0 Å². The highest BCUT2D eigenvalue weighted by Gasteiger charge is 2.14. The van der Waals surface area contributed by atoms with Crippen molar-refractivity contribution in [2.45, 2.75) is 19.5 Å². The van der Waals surface area contributed by atoms with Gasteiger partial charge in [0.25, 0.3) is 0 Å². The summed E-state index contributed by atoms with van der Waals surface area (Å²) in [6, 6.07) is 15.2. The number of hydrogen-bond donors (Lipinski definition) is 2. The van der Waals surface area contributed by atoms with Crippen molar-refractivity contribution in [1.29, 1.82) is 0 Å². The van der Waals surface area contributed by atoms with Crippen molar-refractivity contribution in [1.82, 2.24) is 10.6 Å². The molecule has 1 aliphatic heterocycles. The smallest absolute Gasteiger partial charge is 0.315 e. The lowest BCUT2D eigenvalue weighted by Crippen LogP contribution is -2.36. The van der Waals surface area contributed by atoms with Crippen molar-refractivity contribution in [3.63, 3.8) is 0 Å². The number of urea groups is 1. The van der Waals surface area contributed by atoms with Gasteiger partial charge in [0.1, 0.15) is 0 Å². The minimum absolute atomic E-state index is 0.0436. The Morgan fingerprint density at radius 2 is 1.91 bits per heavy atom. The standard InChI is InChI=1S/C17H18N2O3/c1-12(14-5-3-2-4-6-14)19-17(20)18-10-13-7-8-15-16(9-13)22-11-21-15/h2-9,12H,10-11H2,1H3,(H2,18,19,20). The number of benzene rings is 2. The van der Waals surface area contributed by atoms with Crippen LogP contribution in [0.15, 0.2) is 48.5 Å². The largest absolute Gasteiger partial charge is 0.454 e. The summed E-state index contributed by atoms with van der Waals surface area (Å²) in [4.78, 5) is 12.0. The number of hydrogen-bond acceptors (Lipinski definition) is 3. The van der Waals surface area contributed by atoms with E-state index >= 15 is 0 Å². The molecule has 0 fully saturated rings. The second kappa shape index (κ2) is 6.39. The Balaban J connectivity index is 1.52. The second-order valence-electron chi connectivity index (χ2n) is 5.15. The maximum Gasteiger partial charge on any atom is 0.315 e. The number of ether oxygens (including phenoxy) is 2. The molecule has 1 heterocycles. The van der Waals surface area contributed by atoms with Crippen LogP contribution < -0.4 is 20.1 Å². The van der Waals surface area contributed by atoms with Gasteiger partial charge in [0.05, 0.1) is 6.04 Å². The molecule has 0 saturated heterocycles. The van der Waals surface area contributed by atoms with Gasteiger partial charge in [-0.15, -0.1) is 0 Å². The minimum atomic E-state index is -0.200. The van der Waals surface area contributed by atoms with E-state index < -0.39 is 0 Å². The first-order valence-electron chi connectivity index (χ1n) is 7.20. The summed E-state index contributed by atoms with van der Waals surface area (Å²) < 4.78 is 10.6. The molecule has 0 aliphatic carbocycles. The summed E-state index contributed by atoms with van der Waals surface area (Å²) >= 11 is 0. The topological polar surface area (TPSA) is 59.6 Å². The minimum Gasteiger partial charge on any atom is -0.454 e. The maximum absolute atomic E-state index is 12.0. The first kappa shape index (κ1) is 14.3. The van der Waals surface area contributed by atoms with Gasteiger partial charge in [-0.2, -0.15) is 0 Å². The highest BCUT2D eigenvalue weighted by Crippen LogP contribution is 2.32. The van der Waals surface area contributed by atoms with Crippen molar-refractivity contribution in [3.8, 4) is 11.5 Å². The summed E-state index contributed by atoms with van der Waals surface area (Å²) in [5, 5.41) is 5.76. The molecule has 0 aromatic heterocycles. The SMILES string of the molecule is CC(NC(=O)NCc1ccc2c(c1)OCO2)c1ccccc1. The van der Waals surface area contributed by atoms with Gasteiger partial charge >= 0.3 is 6.03 Å². The van der Waals surface area contributed by atoms with Crippen molar-refractivity contribution in [2.24, 2.45) is 0 Å². The van der Waals surface area contributed by atoms with Crippen molar-refractivity contribution in [3.05, 3.63) is 59.7 Å². The van der Waals surface area contributed by atoms with Crippen LogP contribution in [0, 0.1) is 0 Å². The van der Waals surface area contributed by atoms with Crippen molar-refractivity contribution < 1.29 is 14.3 Å². The Kier molecular flexibility index (Phi) is 4.14. The monoisotopic (exact) mass is 298 g/mol. The van der Waals surface area contributed by atoms with Gasteiger partial charge in [0, 0.05) is 6.54 Å². The zero-order valence-electron chi connectivity index (χ0n) is 12.3. The molecule has 1 aliphatic rings. The molecule has 0 bridgehead atoms. The number of amides is 2. The molecule has 2 amide bonds. The molecule has 2 aromatic rings. The third-order valence-electron chi connectivity index (χ3n) is 3.54. The zero-order chi connectivity index (χ0) is 15.4. The van der Waals surface area contributed by atoms with E-state index in [0.717, 1.165) is 22.6 Å². The molecule has 0 radical (unpaired) electrons. The molecular weight excluding hydrogens is 280 g/mol. The molecule has 22 heavy (non-hydrogen) atoms. The molecule has 1 unspecified atom stereocenters. The van der Waals surface area contributed by atoms with Crippen molar-refractivity contribution >= 4 is 6.03 Å². The van der Waals surface area contributed by atoms with E-state index in [2.05, 4.69) is 10.6 Å². The number of carbonyl (C=O) groups is 1. The Morgan fingerprint density at radius 1 is 1.14 bits per heavy atom. The van der Waals surface area contributed by atoms with Crippen LogP contribution in [0.5, 0.6) is 11.5 Å².